The van der Waals surface area contributed by atoms with Gasteiger partial charge in [-0.05, 0) is 70.7 Å². The molecule has 0 aliphatic rings. The van der Waals surface area contributed by atoms with Gasteiger partial charge in [0.05, 0.1) is 0 Å². The van der Waals surface area contributed by atoms with Crippen LogP contribution in [-0.2, 0) is 0 Å². The quantitative estimate of drug-likeness (QED) is 0.438. The molecule has 3 aromatic rings. The number of nitrogens with two attached hydrogens (primary N) is 1. The fourth-order valence-electron chi connectivity index (χ4n) is 3.20. The summed E-state index contributed by atoms with van der Waals surface area (Å²) in [7, 11) is 0. The number of ether oxygens (including phenoxy) is 1. The molecule has 0 saturated heterocycles. The number of hydrogen-bond acceptors (Lipinski definition) is 2. The number of hydrogen-bond donors (Lipinski definition) is 1. The first kappa shape index (κ1) is 20.5. The summed E-state index contributed by atoms with van der Waals surface area (Å²) in [4.78, 5) is 0. The first-order valence-electron chi connectivity index (χ1n) is 9.30. The van der Waals surface area contributed by atoms with Crippen LogP contribution in [0.3, 0.4) is 0 Å². The van der Waals surface area contributed by atoms with Gasteiger partial charge in [-0.15, -0.1) is 0 Å². The monoisotopic (exact) mass is 411 g/mol. The molecule has 2 nitrogen and oxygen atoms in total. The van der Waals surface area contributed by atoms with Gasteiger partial charge < -0.3 is 10.5 Å². The molecule has 0 amide bonds. The lowest BCUT2D eigenvalue weighted by Crippen LogP contribution is -2.10. The third kappa shape index (κ3) is 4.96. The summed E-state index contributed by atoms with van der Waals surface area (Å²) in [6.45, 7) is 3.16. The molecule has 0 fully saturated rings. The van der Waals surface area contributed by atoms with E-state index in [9.17, 15) is 0 Å². The van der Waals surface area contributed by atoms with Crippen molar-refractivity contribution in [2.45, 2.75) is 13.3 Å². The smallest absolute Gasteiger partial charge is 0.119 e. The fraction of sp³-hybridized carbons (Fsp3) is 0.167. The zero-order valence-electron chi connectivity index (χ0n) is 15.8. The van der Waals surface area contributed by atoms with Crippen molar-refractivity contribution in [2.24, 2.45) is 5.73 Å². The lowest BCUT2D eigenvalue weighted by Gasteiger charge is -2.17. The van der Waals surface area contributed by atoms with Gasteiger partial charge in [0.2, 0.25) is 0 Å². The molecular weight excluding hydrogens is 389 g/mol. The Labute approximate surface area is 176 Å². The van der Waals surface area contributed by atoms with Crippen LogP contribution < -0.4 is 10.5 Å². The minimum atomic E-state index is 0.494. The Morgan fingerprint density at radius 1 is 0.750 bits per heavy atom. The molecule has 0 spiro atoms. The molecule has 0 saturated carbocycles. The SMILES string of the molecule is CC/C(=C(/c1ccc(Cl)cc1)c1ccc(OCCN)cc1)c1ccc(Cl)cc1. The highest BCUT2D eigenvalue weighted by Gasteiger charge is 2.13. The van der Waals surface area contributed by atoms with E-state index in [1.807, 2.05) is 36.4 Å². The van der Waals surface area contributed by atoms with Gasteiger partial charge in [-0.3, -0.25) is 0 Å². The molecule has 28 heavy (non-hydrogen) atoms. The third-order valence-electron chi connectivity index (χ3n) is 4.51. The van der Waals surface area contributed by atoms with Crippen molar-refractivity contribution in [3.8, 4) is 5.75 Å². The average molecular weight is 412 g/mol. The van der Waals surface area contributed by atoms with Crippen LogP contribution in [0.25, 0.3) is 11.1 Å². The molecule has 0 heterocycles. The highest BCUT2D eigenvalue weighted by atomic mass is 35.5. The van der Waals surface area contributed by atoms with Crippen molar-refractivity contribution < 1.29 is 4.74 Å². The van der Waals surface area contributed by atoms with E-state index in [2.05, 4.69) is 43.3 Å². The number of halogens is 2. The van der Waals surface area contributed by atoms with Gasteiger partial charge in [-0.1, -0.05) is 66.5 Å². The molecule has 0 aromatic heterocycles. The lowest BCUT2D eigenvalue weighted by molar-refractivity contribution is 0.328. The predicted octanol–water partition coefficient (Wildman–Crippen LogP) is 6.70. The van der Waals surface area contributed by atoms with Crippen LogP contribution in [0.2, 0.25) is 10.0 Å². The maximum absolute atomic E-state index is 6.12. The van der Waals surface area contributed by atoms with E-state index in [1.165, 1.54) is 11.1 Å². The van der Waals surface area contributed by atoms with Crippen LogP contribution >= 0.6 is 23.2 Å². The lowest BCUT2D eigenvalue weighted by atomic mass is 9.88. The Bertz CT molecular complexity index is 930. The minimum absolute atomic E-state index is 0.494. The average Bonchev–Trinajstić information content (AvgIpc) is 2.73. The van der Waals surface area contributed by atoms with Crippen molar-refractivity contribution in [3.05, 3.63) is 99.5 Å². The zero-order valence-corrected chi connectivity index (χ0v) is 17.3. The minimum Gasteiger partial charge on any atom is -0.492 e. The standard InChI is InChI=1S/C24H23Cl2NO/c1-2-23(17-3-9-20(25)10-4-17)24(18-5-11-21(26)12-6-18)19-7-13-22(14-8-19)28-16-15-27/h3-14H,2,15-16,27H2,1H3/b24-23+. The Morgan fingerprint density at radius 2 is 1.21 bits per heavy atom. The number of allylic oxidation sites excluding steroid dienone is 1. The molecule has 0 aliphatic heterocycles. The van der Waals surface area contributed by atoms with Gasteiger partial charge in [0, 0.05) is 16.6 Å². The second kappa shape index (κ2) is 9.79. The van der Waals surface area contributed by atoms with Gasteiger partial charge in [-0.25, -0.2) is 0 Å². The van der Waals surface area contributed by atoms with Crippen molar-refractivity contribution in [3.63, 3.8) is 0 Å². The summed E-state index contributed by atoms with van der Waals surface area (Å²) < 4.78 is 5.62. The fourth-order valence-corrected chi connectivity index (χ4v) is 3.45. The highest BCUT2D eigenvalue weighted by Crippen LogP contribution is 2.35. The van der Waals surface area contributed by atoms with E-state index in [1.54, 1.807) is 0 Å². The molecular formula is C24H23Cl2NO. The summed E-state index contributed by atoms with van der Waals surface area (Å²) in [5.74, 6) is 0.814. The molecule has 2 N–H and O–H groups in total. The maximum atomic E-state index is 6.12. The summed E-state index contributed by atoms with van der Waals surface area (Å²) in [5.41, 5.74) is 11.3. The van der Waals surface area contributed by atoms with Gasteiger partial charge in [0.25, 0.3) is 0 Å². The Hall–Kier alpha value is -2.26. The van der Waals surface area contributed by atoms with Crippen molar-refractivity contribution in [1.82, 2.24) is 0 Å². The highest BCUT2D eigenvalue weighted by molar-refractivity contribution is 6.31. The Morgan fingerprint density at radius 3 is 1.68 bits per heavy atom. The predicted molar refractivity (Wildman–Crippen MR) is 120 cm³/mol. The van der Waals surface area contributed by atoms with Crippen molar-refractivity contribution in [2.75, 3.05) is 13.2 Å². The summed E-state index contributed by atoms with van der Waals surface area (Å²) >= 11 is 12.2. The second-order valence-electron chi connectivity index (χ2n) is 6.38. The first-order chi connectivity index (χ1) is 13.6. The molecule has 3 rings (SSSR count). The molecule has 144 valence electrons. The van der Waals surface area contributed by atoms with E-state index in [4.69, 9.17) is 33.7 Å². The van der Waals surface area contributed by atoms with Gasteiger partial charge in [0.1, 0.15) is 12.4 Å². The topological polar surface area (TPSA) is 35.2 Å². The van der Waals surface area contributed by atoms with E-state index < -0.39 is 0 Å². The summed E-state index contributed by atoms with van der Waals surface area (Å²) in [6, 6.07) is 24.1. The largest absolute Gasteiger partial charge is 0.492 e. The normalized spacial score (nSPS) is 11.9. The van der Waals surface area contributed by atoms with E-state index in [-0.39, 0.29) is 0 Å². The third-order valence-corrected chi connectivity index (χ3v) is 5.01. The zero-order chi connectivity index (χ0) is 19.9. The van der Waals surface area contributed by atoms with Gasteiger partial charge >= 0.3 is 0 Å². The van der Waals surface area contributed by atoms with Crippen LogP contribution in [0, 0.1) is 0 Å². The molecule has 0 radical (unpaired) electrons. The van der Waals surface area contributed by atoms with E-state index >= 15 is 0 Å². The molecule has 0 bridgehead atoms. The molecule has 0 atom stereocenters. The van der Waals surface area contributed by atoms with Crippen molar-refractivity contribution >= 4 is 34.3 Å². The van der Waals surface area contributed by atoms with E-state index in [0.717, 1.165) is 38.9 Å². The van der Waals surface area contributed by atoms with E-state index in [0.29, 0.717) is 13.2 Å². The van der Waals surface area contributed by atoms with Crippen LogP contribution in [0.15, 0.2) is 72.8 Å². The molecule has 4 heteroatoms. The number of rotatable bonds is 7. The van der Waals surface area contributed by atoms with Crippen LogP contribution in [0.4, 0.5) is 0 Å². The van der Waals surface area contributed by atoms with Crippen molar-refractivity contribution in [1.29, 1.82) is 0 Å². The summed E-state index contributed by atoms with van der Waals surface area (Å²) in [6.07, 6.45) is 0.880. The van der Waals surface area contributed by atoms with Crippen LogP contribution in [0.5, 0.6) is 5.75 Å². The number of benzene rings is 3. The first-order valence-corrected chi connectivity index (χ1v) is 10.1. The van der Waals surface area contributed by atoms with Crippen LogP contribution in [-0.4, -0.2) is 13.2 Å². The Balaban J connectivity index is 2.13. The molecule has 0 aliphatic carbocycles. The molecule has 0 unspecified atom stereocenters. The Kier molecular flexibility index (Phi) is 7.16. The second-order valence-corrected chi connectivity index (χ2v) is 7.26. The summed E-state index contributed by atoms with van der Waals surface area (Å²) in [5, 5.41) is 1.45. The van der Waals surface area contributed by atoms with Gasteiger partial charge in [0.15, 0.2) is 0 Å². The molecule has 3 aromatic carbocycles. The van der Waals surface area contributed by atoms with Crippen LogP contribution in [0.1, 0.15) is 30.0 Å². The maximum Gasteiger partial charge on any atom is 0.119 e. The van der Waals surface area contributed by atoms with Gasteiger partial charge in [-0.2, -0.15) is 0 Å².